The van der Waals surface area contributed by atoms with Gasteiger partial charge in [-0.05, 0) is 30.7 Å². The zero-order chi connectivity index (χ0) is 17.2. The minimum absolute atomic E-state index is 0.0185. The lowest BCUT2D eigenvalue weighted by Crippen LogP contribution is -2.53. The van der Waals surface area contributed by atoms with Crippen LogP contribution in [0.1, 0.15) is 22.7 Å². The molecule has 0 spiro atoms. The Kier molecular flexibility index (Phi) is 4.55. The average Bonchev–Trinajstić information content (AvgIpc) is 3.31. The first kappa shape index (κ1) is 16.3. The summed E-state index contributed by atoms with van der Waals surface area (Å²) in [5.41, 5.74) is 0.515. The van der Waals surface area contributed by atoms with Gasteiger partial charge in [0.25, 0.3) is 5.91 Å². The number of likely N-dealkylation sites (tertiary alicyclic amines) is 2. The van der Waals surface area contributed by atoms with Gasteiger partial charge in [0.1, 0.15) is 11.5 Å². The fraction of sp³-hybridized carbons (Fsp3) is 0.474. The van der Waals surface area contributed by atoms with Gasteiger partial charge >= 0.3 is 0 Å². The molecule has 0 aromatic carbocycles. The van der Waals surface area contributed by atoms with Gasteiger partial charge in [0, 0.05) is 38.9 Å². The second-order valence-electron chi connectivity index (χ2n) is 6.78. The molecule has 0 bridgehead atoms. The van der Waals surface area contributed by atoms with Crippen molar-refractivity contribution in [3.8, 4) is 0 Å². The van der Waals surface area contributed by atoms with Crippen molar-refractivity contribution in [2.24, 2.45) is 5.92 Å². The first-order valence-electron chi connectivity index (χ1n) is 8.76. The standard InChI is InChI=1S/C19H23N3O3/c1-24-18-7-9-22(19(23)16-6-2-3-8-20-16)17-13-21(12-15(17)18)11-14-5-4-10-25-14/h2-6,8,10,15,17-18H,7,9,11-13H2,1H3/t15-,17+,18-/m1/s1. The number of pyridine rings is 1. The largest absolute Gasteiger partial charge is 0.468 e. The van der Waals surface area contributed by atoms with Gasteiger partial charge in [-0.2, -0.15) is 0 Å². The predicted octanol–water partition coefficient (Wildman–Crippen LogP) is 2.04. The number of ether oxygens (including phenoxy) is 1. The van der Waals surface area contributed by atoms with Crippen LogP contribution in [-0.2, 0) is 11.3 Å². The highest BCUT2D eigenvalue weighted by molar-refractivity contribution is 5.92. The van der Waals surface area contributed by atoms with Crippen molar-refractivity contribution in [3.63, 3.8) is 0 Å². The predicted molar refractivity (Wildman–Crippen MR) is 92.0 cm³/mol. The van der Waals surface area contributed by atoms with E-state index in [1.165, 1.54) is 0 Å². The monoisotopic (exact) mass is 341 g/mol. The highest BCUT2D eigenvalue weighted by atomic mass is 16.5. The number of rotatable bonds is 4. The van der Waals surface area contributed by atoms with Crippen LogP contribution in [0.2, 0.25) is 0 Å². The van der Waals surface area contributed by atoms with E-state index in [4.69, 9.17) is 9.15 Å². The average molecular weight is 341 g/mol. The summed E-state index contributed by atoms with van der Waals surface area (Å²) in [5, 5.41) is 0. The number of fused-ring (bicyclic) bond motifs is 1. The number of piperidine rings is 1. The van der Waals surface area contributed by atoms with Gasteiger partial charge in [-0.25, -0.2) is 0 Å². The first-order valence-corrected chi connectivity index (χ1v) is 8.76. The molecule has 2 saturated heterocycles. The van der Waals surface area contributed by atoms with E-state index in [0.29, 0.717) is 18.2 Å². The Hall–Kier alpha value is -2.18. The summed E-state index contributed by atoms with van der Waals surface area (Å²) in [6.45, 7) is 3.23. The number of furan rings is 1. The highest BCUT2D eigenvalue weighted by Crippen LogP contribution is 2.34. The molecule has 3 atom stereocenters. The number of hydrogen-bond donors (Lipinski definition) is 0. The fourth-order valence-corrected chi connectivity index (χ4v) is 4.17. The maximum atomic E-state index is 12.9. The maximum Gasteiger partial charge on any atom is 0.272 e. The van der Waals surface area contributed by atoms with E-state index in [0.717, 1.165) is 31.8 Å². The molecule has 132 valence electrons. The van der Waals surface area contributed by atoms with Crippen molar-refractivity contribution in [2.45, 2.75) is 25.1 Å². The van der Waals surface area contributed by atoms with Crippen molar-refractivity contribution in [3.05, 3.63) is 54.2 Å². The van der Waals surface area contributed by atoms with Crippen LogP contribution in [0.3, 0.4) is 0 Å². The summed E-state index contributed by atoms with van der Waals surface area (Å²) in [4.78, 5) is 21.5. The van der Waals surface area contributed by atoms with Crippen LogP contribution in [0.15, 0.2) is 47.2 Å². The Morgan fingerprint density at radius 3 is 2.96 bits per heavy atom. The number of carbonyl (C=O) groups is 1. The molecule has 2 aromatic rings. The molecule has 2 aliphatic rings. The molecule has 0 radical (unpaired) electrons. The lowest BCUT2D eigenvalue weighted by molar-refractivity contribution is -0.0158. The van der Waals surface area contributed by atoms with Crippen LogP contribution in [-0.4, -0.2) is 59.6 Å². The van der Waals surface area contributed by atoms with E-state index in [-0.39, 0.29) is 18.1 Å². The van der Waals surface area contributed by atoms with Gasteiger partial charge in [-0.1, -0.05) is 6.07 Å². The normalized spacial score (nSPS) is 26.6. The quantitative estimate of drug-likeness (QED) is 0.852. The van der Waals surface area contributed by atoms with Gasteiger partial charge in [0.05, 0.1) is 25.0 Å². The minimum atomic E-state index is 0.0185. The molecule has 2 aliphatic heterocycles. The molecule has 0 unspecified atom stereocenters. The molecule has 0 saturated carbocycles. The molecule has 25 heavy (non-hydrogen) atoms. The molecule has 0 aliphatic carbocycles. The zero-order valence-electron chi connectivity index (χ0n) is 14.4. The van der Waals surface area contributed by atoms with Crippen molar-refractivity contribution >= 4 is 5.91 Å². The van der Waals surface area contributed by atoms with Crippen molar-refractivity contribution < 1.29 is 13.9 Å². The van der Waals surface area contributed by atoms with Gasteiger partial charge in [-0.3, -0.25) is 14.7 Å². The van der Waals surface area contributed by atoms with E-state index in [9.17, 15) is 4.79 Å². The Labute approximate surface area is 147 Å². The molecule has 6 heteroatoms. The third kappa shape index (κ3) is 3.19. The minimum Gasteiger partial charge on any atom is -0.468 e. The van der Waals surface area contributed by atoms with Crippen LogP contribution >= 0.6 is 0 Å². The molecular formula is C19H23N3O3. The topological polar surface area (TPSA) is 58.8 Å². The van der Waals surface area contributed by atoms with E-state index in [1.54, 1.807) is 25.6 Å². The number of hydrogen-bond acceptors (Lipinski definition) is 5. The van der Waals surface area contributed by atoms with E-state index in [1.807, 2.05) is 29.2 Å². The Morgan fingerprint density at radius 2 is 2.24 bits per heavy atom. The van der Waals surface area contributed by atoms with Gasteiger partial charge in [0.15, 0.2) is 0 Å². The summed E-state index contributed by atoms with van der Waals surface area (Å²) in [6.07, 6.45) is 4.43. The Bertz CT molecular complexity index is 704. The smallest absolute Gasteiger partial charge is 0.272 e. The number of carbonyl (C=O) groups excluding carboxylic acids is 1. The molecule has 6 nitrogen and oxygen atoms in total. The summed E-state index contributed by atoms with van der Waals surface area (Å²) >= 11 is 0. The Balaban J connectivity index is 1.53. The lowest BCUT2D eigenvalue weighted by atomic mass is 9.88. The van der Waals surface area contributed by atoms with E-state index >= 15 is 0 Å². The molecule has 2 aromatic heterocycles. The van der Waals surface area contributed by atoms with Gasteiger partial charge in [-0.15, -0.1) is 0 Å². The van der Waals surface area contributed by atoms with Crippen molar-refractivity contribution in [2.75, 3.05) is 26.7 Å². The third-order valence-corrected chi connectivity index (χ3v) is 5.35. The SMILES string of the molecule is CO[C@@H]1CCN(C(=O)c2ccccn2)[C@H]2CN(Cc3ccco3)C[C@@H]12. The Morgan fingerprint density at radius 1 is 1.32 bits per heavy atom. The summed E-state index contributed by atoms with van der Waals surface area (Å²) in [7, 11) is 1.77. The molecule has 2 fully saturated rings. The summed E-state index contributed by atoms with van der Waals surface area (Å²) < 4.78 is 11.2. The molecule has 1 amide bonds. The zero-order valence-corrected chi connectivity index (χ0v) is 14.4. The number of amides is 1. The van der Waals surface area contributed by atoms with Crippen molar-refractivity contribution in [1.82, 2.24) is 14.8 Å². The maximum absolute atomic E-state index is 12.9. The lowest BCUT2D eigenvalue weighted by Gasteiger charge is -2.40. The molecule has 0 N–H and O–H groups in total. The summed E-state index contributed by atoms with van der Waals surface area (Å²) in [5.74, 6) is 1.29. The number of nitrogens with zero attached hydrogens (tertiary/aromatic N) is 3. The van der Waals surface area contributed by atoms with E-state index < -0.39 is 0 Å². The molecule has 4 rings (SSSR count). The molecular weight excluding hydrogens is 318 g/mol. The van der Waals surface area contributed by atoms with Gasteiger partial charge in [0.2, 0.25) is 0 Å². The third-order valence-electron chi connectivity index (χ3n) is 5.35. The first-order chi connectivity index (χ1) is 12.3. The van der Waals surface area contributed by atoms with Crippen LogP contribution in [0.25, 0.3) is 0 Å². The van der Waals surface area contributed by atoms with Gasteiger partial charge < -0.3 is 14.1 Å². The van der Waals surface area contributed by atoms with Crippen LogP contribution < -0.4 is 0 Å². The van der Waals surface area contributed by atoms with Crippen molar-refractivity contribution in [1.29, 1.82) is 0 Å². The van der Waals surface area contributed by atoms with Crippen LogP contribution in [0.4, 0.5) is 0 Å². The highest BCUT2D eigenvalue weighted by Gasteiger charge is 2.46. The second-order valence-corrected chi connectivity index (χ2v) is 6.78. The molecule has 4 heterocycles. The second kappa shape index (κ2) is 6.98. The van der Waals surface area contributed by atoms with Crippen LogP contribution in [0, 0.1) is 5.92 Å². The summed E-state index contributed by atoms with van der Waals surface area (Å²) in [6, 6.07) is 9.53. The number of methoxy groups -OCH3 is 1. The number of aromatic nitrogens is 1. The fourth-order valence-electron chi connectivity index (χ4n) is 4.17. The van der Waals surface area contributed by atoms with E-state index in [2.05, 4.69) is 9.88 Å². The van der Waals surface area contributed by atoms with Crippen LogP contribution in [0.5, 0.6) is 0 Å².